The van der Waals surface area contributed by atoms with Crippen molar-refractivity contribution in [1.82, 2.24) is 0 Å². The maximum atomic E-state index is 13.5. The van der Waals surface area contributed by atoms with Crippen LogP contribution in [0.3, 0.4) is 0 Å². The quantitative estimate of drug-likeness (QED) is 0.870. The molecular formula is C16H22BFO3. The molecule has 0 amide bonds. The van der Waals surface area contributed by atoms with E-state index in [2.05, 4.69) is 0 Å². The monoisotopic (exact) mass is 292 g/mol. The Labute approximate surface area is 125 Å². The van der Waals surface area contributed by atoms with Crippen molar-refractivity contribution in [3.05, 3.63) is 40.6 Å². The summed E-state index contributed by atoms with van der Waals surface area (Å²) in [4.78, 5) is 0. The molecule has 1 aromatic carbocycles. The Morgan fingerprint density at radius 1 is 1.19 bits per heavy atom. The largest absolute Gasteiger partial charge is 0.492 e. The topological polar surface area (TPSA) is 38.7 Å². The van der Waals surface area contributed by atoms with Gasteiger partial charge in [0.25, 0.3) is 0 Å². The maximum Gasteiger partial charge on any atom is 0.492 e. The van der Waals surface area contributed by atoms with Crippen LogP contribution in [0.1, 0.15) is 38.8 Å². The molecule has 0 aromatic heterocycles. The number of hydrogen-bond acceptors (Lipinski definition) is 3. The van der Waals surface area contributed by atoms with Gasteiger partial charge in [-0.3, -0.25) is 0 Å². The summed E-state index contributed by atoms with van der Waals surface area (Å²) < 4.78 is 25.3. The number of aliphatic hydroxyl groups excluding tert-OH is 1. The van der Waals surface area contributed by atoms with Gasteiger partial charge in [0.2, 0.25) is 0 Å². The van der Waals surface area contributed by atoms with Crippen LogP contribution in [0.2, 0.25) is 0 Å². The van der Waals surface area contributed by atoms with E-state index in [4.69, 9.17) is 9.31 Å². The van der Waals surface area contributed by atoms with E-state index in [-0.39, 0.29) is 12.4 Å². The van der Waals surface area contributed by atoms with E-state index in [9.17, 15) is 9.50 Å². The summed E-state index contributed by atoms with van der Waals surface area (Å²) in [7, 11) is -0.622. The Kier molecular flexibility index (Phi) is 4.29. The number of halogens is 1. The Balaban J connectivity index is 2.30. The molecule has 1 aromatic rings. The summed E-state index contributed by atoms with van der Waals surface area (Å²) in [5.74, 6) is -0.299. The van der Waals surface area contributed by atoms with Gasteiger partial charge in [0.15, 0.2) is 0 Å². The molecule has 1 fully saturated rings. The highest BCUT2D eigenvalue weighted by Gasteiger charge is 2.52. The zero-order chi connectivity index (χ0) is 15.8. The molecule has 0 bridgehead atoms. The minimum atomic E-state index is -0.622. The van der Waals surface area contributed by atoms with Gasteiger partial charge in [-0.25, -0.2) is 4.39 Å². The molecular weight excluding hydrogens is 270 g/mol. The van der Waals surface area contributed by atoms with Gasteiger partial charge in [-0.1, -0.05) is 12.1 Å². The van der Waals surface area contributed by atoms with Crippen LogP contribution < -0.4 is 0 Å². The van der Waals surface area contributed by atoms with E-state index in [1.807, 2.05) is 40.7 Å². The third-order valence-corrected chi connectivity index (χ3v) is 4.16. The fourth-order valence-electron chi connectivity index (χ4n) is 2.24. The summed E-state index contributed by atoms with van der Waals surface area (Å²) >= 11 is 0. The zero-order valence-corrected chi connectivity index (χ0v) is 13.2. The molecule has 0 atom stereocenters. The van der Waals surface area contributed by atoms with Crippen LogP contribution in [-0.2, 0) is 9.31 Å². The van der Waals surface area contributed by atoms with Gasteiger partial charge in [-0.2, -0.15) is 0 Å². The molecule has 0 aliphatic carbocycles. The first-order chi connectivity index (χ1) is 9.64. The summed E-state index contributed by atoms with van der Waals surface area (Å²) in [6.07, 6.45) is 1.72. The van der Waals surface area contributed by atoms with E-state index in [0.29, 0.717) is 11.0 Å². The predicted octanol–water partition coefficient (Wildman–Crippen LogP) is 3.14. The molecule has 0 saturated carbocycles. The smallest absolute Gasteiger partial charge is 0.400 e. The zero-order valence-electron chi connectivity index (χ0n) is 13.2. The summed E-state index contributed by atoms with van der Waals surface area (Å²) in [5.41, 5.74) is 1.16. The SMILES string of the molecule is Cc1cc(F)cc(C=C(CO)B2OC(C)(C)C(C)(C)O2)c1. The van der Waals surface area contributed by atoms with Gasteiger partial charge < -0.3 is 14.4 Å². The molecule has 0 radical (unpaired) electrons. The minimum Gasteiger partial charge on any atom is -0.400 e. The number of hydrogen-bond donors (Lipinski definition) is 1. The van der Waals surface area contributed by atoms with E-state index in [1.165, 1.54) is 12.1 Å². The molecule has 1 aliphatic rings. The highest BCUT2D eigenvalue weighted by atomic mass is 19.1. The van der Waals surface area contributed by atoms with Gasteiger partial charge in [0, 0.05) is 0 Å². The van der Waals surface area contributed by atoms with Gasteiger partial charge in [0.05, 0.1) is 17.8 Å². The van der Waals surface area contributed by atoms with E-state index in [1.54, 1.807) is 6.08 Å². The third-order valence-electron chi connectivity index (χ3n) is 4.16. The first-order valence-electron chi connectivity index (χ1n) is 7.09. The number of rotatable bonds is 3. The second-order valence-electron chi connectivity index (χ2n) is 6.53. The van der Waals surface area contributed by atoms with Gasteiger partial charge in [-0.05, 0) is 63.4 Å². The lowest BCUT2D eigenvalue weighted by Gasteiger charge is -2.32. The molecule has 1 aliphatic heterocycles. The lowest BCUT2D eigenvalue weighted by atomic mass is 9.77. The first-order valence-corrected chi connectivity index (χ1v) is 7.09. The number of aryl methyl sites for hydroxylation is 1. The molecule has 21 heavy (non-hydrogen) atoms. The minimum absolute atomic E-state index is 0.202. The predicted molar refractivity (Wildman–Crippen MR) is 82.3 cm³/mol. The highest BCUT2D eigenvalue weighted by molar-refractivity contribution is 6.55. The van der Waals surface area contributed by atoms with Crippen LogP contribution >= 0.6 is 0 Å². The second-order valence-corrected chi connectivity index (χ2v) is 6.53. The summed E-state index contributed by atoms with van der Waals surface area (Å²) in [6.45, 7) is 9.44. The Morgan fingerprint density at radius 2 is 1.76 bits per heavy atom. The van der Waals surface area contributed by atoms with Crippen LogP contribution in [0.4, 0.5) is 4.39 Å². The van der Waals surface area contributed by atoms with Gasteiger partial charge in [0.1, 0.15) is 5.82 Å². The lowest BCUT2D eigenvalue weighted by molar-refractivity contribution is 0.00578. The maximum absolute atomic E-state index is 13.5. The highest BCUT2D eigenvalue weighted by Crippen LogP contribution is 2.38. The third kappa shape index (κ3) is 3.36. The number of aliphatic hydroxyl groups is 1. The first kappa shape index (κ1) is 16.2. The van der Waals surface area contributed by atoms with Gasteiger partial charge >= 0.3 is 7.12 Å². The van der Waals surface area contributed by atoms with Crippen molar-refractivity contribution in [3.8, 4) is 0 Å². The molecule has 1 heterocycles. The molecule has 5 heteroatoms. The van der Waals surface area contributed by atoms with Crippen molar-refractivity contribution in [2.45, 2.75) is 45.8 Å². The Hall–Kier alpha value is -1.17. The van der Waals surface area contributed by atoms with E-state index in [0.717, 1.165) is 5.56 Å². The second kappa shape index (κ2) is 5.56. The standard InChI is InChI=1S/C16H22BFO3/c1-11-6-12(9-14(18)7-11)8-13(10-19)17-20-15(2,3)16(4,5)21-17/h6-9,19H,10H2,1-5H3. The fourth-order valence-corrected chi connectivity index (χ4v) is 2.24. The summed E-state index contributed by atoms with van der Waals surface area (Å²) in [5, 5.41) is 9.60. The van der Waals surface area contributed by atoms with Crippen LogP contribution in [0.5, 0.6) is 0 Å². The average Bonchev–Trinajstić information content (AvgIpc) is 2.54. The van der Waals surface area contributed by atoms with Crippen molar-refractivity contribution in [1.29, 1.82) is 0 Å². The molecule has 1 saturated heterocycles. The molecule has 2 rings (SSSR count). The normalized spacial score (nSPS) is 20.9. The fraction of sp³-hybridized carbons (Fsp3) is 0.500. The molecule has 114 valence electrons. The van der Waals surface area contributed by atoms with Crippen LogP contribution in [-0.4, -0.2) is 30.0 Å². The van der Waals surface area contributed by atoms with Crippen LogP contribution in [0.15, 0.2) is 23.7 Å². The molecule has 3 nitrogen and oxygen atoms in total. The van der Waals surface area contributed by atoms with Crippen molar-refractivity contribution < 1.29 is 18.8 Å². The number of benzene rings is 1. The summed E-state index contributed by atoms with van der Waals surface area (Å²) in [6, 6.07) is 4.74. The van der Waals surface area contributed by atoms with Crippen molar-refractivity contribution in [2.24, 2.45) is 0 Å². The van der Waals surface area contributed by atoms with Crippen LogP contribution in [0, 0.1) is 12.7 Å². The lowest BCUT2D eigenvalue weighted by Crippen LogP contribution is -2.41. The van der Waals surface area contributed by atoms with Gasteiger partial charge in [-0.15, -0.1) is 0 Å². The molecule has 0 spiro atoms. The van der Waals surface area contributed by atoms with Crippen LogP contribution in [0.25, 0.3) is 6.08 Å². The van der Waals surface area contributed by atoms with E-state index >= 15 is 0 Å². The Morgan fingerprint density at radius 3 is 2.24 bits per heavy atom. The van der Waals surface area contributed by atoms with Crippen molar-refractivity contribution in [3.63, 3.8) is 0 Å². The Bertz CT molecular complexity index is 530. The average molecular weight is 292 g/mol. The molecule has 1 N–H and O–H groups in total. The van der Waals surface area contributed by atoms with Crippen molar-refractivity contribution in [2.75, 3.05) is 6.61 Å². The molecule has 0 unspecified atom stereocenters. The van der Waals surface area contributed by atoms with E-state index < -0.39 is 18.3 Å². The van der Waals surface area contributed by atoms with Crippen molar-refractivity contribution >= 4 is 13.2 Å².